The summed E-state index contributed by atoms with van der Waals surface area (Å²) in [5.74, 6) is -2.51. The predicted octanol–water partition coefficient (Wildman–Crippen LogP) is 5.23. The average Bonchev–Trinajstić information content (AvgIpc) is 2.71. The molecule has 8 heteroatoms. The van der Waals surface area contributed by atoms with Gasteiger partial charge in [0.05, 0.1) is 6.61 Å². The predicted molar refractivity (Wildman–Crippen MR) is 140 cm³/mol. The zero-order valence-electron chi connectivity index (χ0n) is 21.9. The minimum atomic E-state index is -4.49. The van der Waals surface area contributed by atoms with E-state index in [1.54, 1.807) is 13.0 Å². The number of carbonyl (C=O) groups excluding carboxylic acids is 2. The summed E-state index contributed by atoms with van der Waals surface area (Å²) in [6.07, 6.45) is 16.0. The van der Waals surface area contributed by atoms with Crippen LogP contribution in [0.25, 0.3) is 0 Å². The van der Waals surface area contributed by atoms with Crippen LogP contribution in [-0.2, 0) is 24.4 Å². The molecule has 0 saturated carbocycles. The van der Waals surface area contributed by atoms with Gasteiger partial charge in [0, 0.05) is 6.08 Å². The lowest BCUT2D eigenvalue weighted by Crippen LogP contribution is -2.45. The van der Waals surface area contributed by atoms with Crippen molar-refractivity contribution in [2.75, 3.05) is 12.4 Å². The molecule has 0 aromatic rings. The number of amides is 1. The molecule has 0 bridgehead atoms. The van der Waals surface area contributed by atoms with E-state index < -0.39 is 33.8 Å². The SMILES string of the molecule is CCCCOC(=O)[C@@H](CS(=O)(=O)O)NC(=O)\C=C(C)/C=C/C=C(C)/C=C/C1=C(C)CCCC1(C)C. The summed E-state index contributed by atoms with van der Waals surface area (Å²) in [5.41, 5.74) is 4.67. The summed E-state index contributed by atoms with van der Waals surface area (Å²) in [6.45, 7) is 12.5. The molecule has 7 nitrogen and oxygen atoms in total. The van der Waals surface area contributed by atoms with Gasteiger partial charge in [-0.3, -0.25) is 9.35 Å². The van der Waals surface area contributed by atoms with Gasteiger partial charge in [-0.2, -0.15) is 8.42 Å². The smallest absolute Gasteiger partial charge is 0.329 e. The molecule has 1 amide bonds. The van der Waals surface area contributed by atoms with E-state index in [9.17, 15) is 18.0 Å². The van der Waals surface area contributed by atoms with Gasteiger partial charge in [-0.05, 0) is 63.0 Å². The quantitative estimate of drug-likeness (QED) is 0.123. The summed E-state index contributed by atoms with van der Waals surface area (Å²) in [5, 5.41) is 2.30. The fourth-order valence-electron chi connectivity index (χ4n) is 3.90. The highest BCUT2D eigenvalue weighted by molar-refractivity contribution is 7.85. The summed E-state index contributed by atoms with van der Waals surface area (Å²) in [6, 6.07) is -1.49. The van der Waals surface area contributed by atoms with Gasteiger partial charge in [0.2, 0.25) is 5.91 Å². The first-order valence-electron chi connectivity index (χ1n) is 12.1. The molecule has 0 aromatic carbocycles. The molecule has 1 aliphatic carbocycles. The monoisotopic (exact) mass is 507 g/mol. The number of rotatable bonds is 12. The van der Waals surface area contributed by atoms with Gasteiger partial charge in [0.1, 0.15) is 11.8 Å². The number of nitrogens with one attached hydrogen (secondary N) is 1. The molecule has 0 radical (unpaired) electrons. The van der Waals surface area contributed by atoms with Crippen molar-refractivity contribution in [3.05, 3.63) is 58.7 Å². The maximum absolute atomic E-state index is 12.3. The molecule has 0 saturated heterocycles. The Kier molecular flexibility index (Phi) is 12.4. The Morgan fingerprint density at radius 1 is 1.20 bits per heavy atom. The van der Waals surface area contributed by atoms with E-state index in [-0.39, 0.29) is 12.0 Å². The van der Waals surface area contributed by atoms with Gasteiger partial charge in [-0.1, -0.05) is 68.7 Å². The van der Waals surface area contributed by atoms with Crippen molar-refractivity contribution in [1.29, 1.82) is 0 Å². The second-order valence-corrected chi connectivity index (χ2v) is 11.3. The molecule has 0 fully saturated rings. The summed E-state index contributed by atoms with van der Waals surface area (Å²) >= 11 is 0. The molecule has 0 unspecified atom stereocenters. The lowest BCUT2D eigenvalue weighted by atomic mass is 9.72. The third kappa shape index (κ3) is 12.2. The van der Waals surface area contributed by atoms with E-state index >= 15 is 0 Å². The van der Waals surface area contributed by atoms with Gasteiger partial charge in [0.15, 0.2) is 0 Å². The van der Waals surface area contributed by atoms with Gasteiger partial charge in [-0.15, -0.1) is 0 Å². The van der Waals surface area contributed by atoms with Crippen LogP contribution in [0.15, 0.2) is 58.7 Å². The first-order chi connectivity index (χ1) is 16.2. The first kappa shape index (κ1) is 30.6. The molecule has 0 aliphatic heterocycles. The maximum atomic E-state index is 12.3. The normalized spacial score (nSPS) is 18.3. The number of hydrogen-bond acceptors (Lipinski definition) is 5. The van der Waals surface area contributed by atoms with Crippen LogP contribution < -0.4 is 5.32 Å². The summed E-state index contributed by atoms with van der Waals surface area (Å²) in [4.78, 5) is 24.4. The number of ether oxygens (including phenoxy) is 1. The highest BCUT2D eigenvalue weighted by Gasteiger charge is 2.27. The molecular weight excluding hydrogens is 466 g/mol. The Hall–Kier alpha value is -2.45. The summed E-state index contributed by atoms with van der Waals surface area (Å²) in [7, 11) is -4.49. The third-order valence-corrected chi connectivity index (χ3v) is 6.61. The Morgan fingerprint density at radius 2 is 1.89 bits per heavy atom. The van der Waals surface area contributed by atoms with Crippen molar-refractivity contribution in [2.45, 2.75) is 79.7 Å². The van der Waals surface area contributed by atoms with E-state index in [1.165, 1.54) is 30.1 Å². The first-order valence-corrected chi connectivity index (χ1v) is 13.7. The van der Waals surface area contributed by atoms with E-state index in [2.05, 4.69) is 38.2 Å². The van der Waals surface area contributed by atoms with Crippen molar-refractivity contribution in [3.63, 3.8) is 0 Å². The Labute approximate surface area is 210 Å². The molecule has 2 N–H and O–H groups in total. The Balaban J connectivity index is 2.80. The average molecular weight is 508 g/mol. The van der Waals surface area contributed by atoms with E-state index in [1.807, 2.05) is 26.0 Å². The van der Waals surface area contributed by atoms with Crippen molar-refractivity contribution >= 4 is 22.0 Å². The molecule has 0 spiro atoms. The van der Waals surface area contributed by atoms with Crippen LogP contribution in [-0.4, -0.2) is 43.2 Å². The topological polar surface area (TPSA) is 110 Å². The second kappa shape index (κ2) is 14.2. The van der Waals surface area contributed by atoms with Crippen molar-refractivity contribution in [1.82, 2.24) is 5.32 Å². The molecule has 1 aliphatic rings. The van der Waals surface area contributed by atoms with E-state index in [0.717, 1.165) is 18.4 Å². The molecule has 1 rings (SSSR count). The van der Waals surface area contributed by atoms with Crippen molar-refractivity contribution < 1.29 is 27.3 Å². The third-order valence-electron chi connectivity index (χ3n) is 5.85. The molecule has 0 aromatic heterocycles. The fraction of sp³-hybridized carbons (Fsp3) is 0.556. The standard InChI is InChI=1S/C27H41NO6S/c1-7-8-17-34-26(30)24(19-35(31,32)33)28-25(29)18-21(3)12-9-11-20(2)14-15-23-22(4)13-10-16-27(23,5)6/h9,11-12,14-15,18,24H,7-8,10,13,16-17,19H2,1-6H3,(H,28,29)(H,31,32,33)/b12-9+,15-14+,20-11+,21-18-/t24-/m1/s1. The minimum absolute atomic E-state index is 0.110. The molecule has 1 atom stereocenters. The summed E-state index contributed by atoms with van der Waals surface area (Å²) < 4.78 is 36.6. The molecular formula is C27H41NO6S. The Morgan fingerprint density at radius 3 is 2.49 bits per heavy atom. The van der Waals surface area contributed by atoms with Crippen LogP contribution in [0.1, 0.15) is 73.6 Å². The van der Waals surface area contributed by atoms with E-state index in [0.29, 0.717) is 12.0 Å². The number of carbonyl (C=O) groups is 2. The van der Waals surface area contributed by atoms with Gasteiger partial charge < -0.3 is 10.1 Å². The number of allylic oxidation sites excluding steroid dienone is 9. The Bertz CT molecular complexity index is 1010. The maximum Gasteiger partial charge on any atom is 0.329 e. The van der Waals surface area contributed by atoms with Crippen molar-refractivity contribution in [2.24, 2.45) is 5.41 Å². The molecule has 0 heterocycles. The van der Waals surface area contributed by atoms with Gasteiger partial charge in [-0.25, -0.2) is 4.79 Å². The number of unbranched alkanes of at least 4 members (excludes halogenated alkanes) is 1. The van der Waals surface area contributed by atoms with Crippen LogP contribution >= 0.6 is 0 Å². The van der Waals surface area contributed by atoms with Crippen LogP contribution in [0.2, 0.25) is 0 Å². The van der Waals surface area contributed by atoms with Crippen LogP contribution in [0.4, 0.5) is 0 Å². The molecule has 196 valence electrons. The largest absolute Gasteiger partial charge is 0.464 e. The highest BCUT2D eigenvalue weighted by atomic mass is 32.2. The number of hydrogen-bond donors (Lipinski definition) is 2. The number of esters is 1. The molecule has 35 heavy (non-hydrogen) atoms. The van der Waals surface area contributed by atoms with Crippen molar-refractivity contribution in [3.8, 4) is 0 Å². The van der Waals surface area contributed by atoms with Gasteiger partial charge >= 0.3 is 5.97 Å². The highest BCUT2D eigenvalue weighted by Crippen LogP contribution is 2.40. The zero-order valence-corrected chi connectivity index (χ0v) is 22.7. The minimum Gasteiger partial charge on any atom is -0.464 e. The van der Waals surface area contributed by atoms with Crippen LogP contribution in [0, 0.1) is 5.41 Å². The lowest BCUT2D eigenvalue weighted by Gasteiger charge is -2.32. The lowest BCUT2D eigenvalue weighted by molar-refractivity contribution is -0.147. The fourth-order valence-corrected chi connectivity index (χ4v) is 4.54. The second-order valence-electron chi connectivity index (χ2n) is 9.75. The van der Waals surface area contributed by atoms with Crippen LogP contribution in [0.5, 0.6) is 0 Å². The zero-order chi connectivity index (χ0) is 26.6. The van der Waals surface area contributed by atoms with E-state index in [4.69, 9.17) is 9.29 Å². The van der Waals surface area contributed by atoms with Crippen LogP contribution in [0.3, 0.4) is 0 Å². The van der Waals surface area contributed by atoms with Gasteiger partial charge in [0.25, 0.3) is 10.1 Å².